The molecule has 6 heteroatoms. The van der Waals surface area contributed by atoms with Crippen LogP contribution in [0, 0.1) is 6.92 Å². The number of rotatable bonds is 5. The highest BCUT2D eigenvalue weighted by Gasteiger charge is 2.23. The molecule has 0 amide bonds. The number of carbonyl (C=O) groups is 1. The molecule has 2 unspecified atom stereocenters. The number of carbonyl (C=O) groups excluding carboxylic acids is 1. The maximum atomic E-state index is 11.9. The lowest BCUT2D eigenvalue weighted by molar-refractivity contribution is -0.141. The van der Waals surface area contributed by atoms with Gasteiger partial charge in [0.15, 0.2) is 6.10 Å². The van der Waals surface area contributed by atoms with Crippen LogP contribution in [0.3, 0.4) is 0 Å². The van der Waals surface area contributed by atoms with Gasteiger partial charge in [-0.2, -0.15) is 0 Å². The van der Waals surface area contributed by atoms with Gasteiger partial charge in [0.25, 0.3) is 0 Å². The normalized spacial score (nSPS) is 13.5. The van der Waals surface area contributed by atoms with Crippen LogP contribution in [0.1, 0.15) is 65.5 Å². The first kappa shape index (κ1) is 22.8. The van der Waals surface area contributed by atoms with E-state index in [1.165, 1.54) is 19.8 Å². The van der Waals surface area contributed by atoms with Crippen LogP contribution in [0.4, 0.5) is 0 Å². The van der Waals surface area contributed by atoms with E-state index in [0.29, 0.717) is 5.75 Å². The highest BCUT2D eigenvalue weighted by Crippen LogP contribution is 2.32. The molecule has 5 nitrogen and oxygen atoms in total. The lowest BCUT2D eigenvalue weighted by Gasteiger charge is -2.23. The van der Waals surface area contributed by atoms with E-state index in [9.17, 15) is 9.36 Å². The summed E-state index contributed by atoms with van der Waals surface area (Å²) in [5, 5.41) is 0. The average molecular weight is 358 g/mol. The van der Waals surface area contributed by atoms with Gasteiger partial charge in [0.1, 0.15) is 5.75 Å². The van der Waals surface area contributed by atoms with E-state index in [0.717, 1.165) is 11.1 Å². The molecule has 0 saturated heterocycles. The van der Waals surface area contributed by atoms with Crippen molar-refractivity contribution in [2.75, 3.05) is 0 Å². The Balaban J connectivity index is 0.00000118. The highest BCUT2D eigenvalue weighted by atomic mass is 31.1. The van der Waals surface area contributed by atoms with Crippen molar-refractivity contribution in [3.8, 4) is 5.75 Å². The fourth-order valence-electron chi connectivity index (χ4n) is 1.72. The minimum atomic E-state index is -3.17. The Bertz CT molecular complexity index is 547. The second kappa shape index (κ2) is 10.7. The molecule has 24 heavy (non-hydrogen) atoms. The largest absolute Gasteiger partial charge is 0.424 e. The lowest BCUT2D eigenvalue weighted by atomic mass is 9.86. The van der Waals surface area contributed by atoms with E-state index in [1.807, 2.05) is 39.8 Å². The molecule has 0 radical (unpaired) electrons. The molecule has 0 heterocycles. The molecule has 0 saturated carbocycles. The standard InChI is InChI=1S/C14H21O5P.C4H10/c1-9-6-7-11(14(3,4)5)12(8-9)18-13(15)10(2)19-20(16)17;1-3-4-2/h6-8,10,20H,1-5H3,(H,16,17);3-4H2,1-2H3. The van der Waals surface area contributed by atoms with Gasteiger partial charge in [0.05, 0.1) is 0 Å². The SMILES string of the molecule is CCCC.Cc1ccc(C(C)(C)C)c(OC(=O)C(C)O[PH](=O)O)c1. The Morgan fingerprint density at radius 1 is 1.25 bits per heavy atom. The van der Waals surface area contributed by atoms with Crippen molar-refractivity contribution >= 4 is 14.2 Å². The minimum absolute atomic E-state index is 0.183. The number of esters is 1. The van der Waals surface area contributed by atoms with Gasteiger partial charge in [0, 0.05) is 5.56 Å². The second-order valence-corrected chi connectivity index (χ2v) is 7.46. The molecule has 0 aliphatic heterocycles. The summed E-state index contributed by atoms with van der Waals surface area (Å²) in [6, 6.07) is 5.63. The third-order valence-corrected chi connectivity index (χ3v) is 3.82. The van der Waals surface area contributed by atoms with Crippen molar-refractivity contribution in [2.45, 2.75) is 72.8 Å². The third-order valence-electron chi connectivity index (χ3n) is 3.27. The molecule has 1 aromatic rings. The quantitative estimate of drug-likeness (QED) is 0.465. The van der Waals surface area contributed by atoms with Gasteiger partial charge in [0.2, 0.25) is 0 Å². The first-order chi connectivity index (χ1) is 11.0. The van der Waals surface area contributed by atoms with Gasteiger partial charge < -0.3 is 9.63 Å². The smallest absolute Gasteiger partial charge is 0.340 e. The Kier molecular flexibility index (Phi) is 10.1. The molecular weight excluding hydrogens is 327 g/mol. The van der Waals surface area contributed by atoms with Gasteiger partial charge in [-0.15, -0.1) is 0 Å². The van der Waals surface area contributed by atoms with Crippen LogP contribution in [0.2, 0.25) is 0 Å². The fraction of sp³-hybridized carbons (Fsp3) is 0.611. The number of benzene rings is 1. The molecular formula is C18H31O5P. The fourth-order valence-corrected chi connectivity index (χ4v) is 2.12. The van der Waals surface area contributed by atoms with Gasteiger partial charge >= 0.3 is 14.2 Å². The summed E-state index contributed by atoms with van der Waals surface area (Å²) in [7, 11) is -3.17. The van der Waals surface area contributed by atoms with Gasteiger partial charge in [-0.25, -0.2) is 4.79 Å². The van der Waals surface area contributed by atoms with Crippen LogP contribution in [-0.4, -0.2) is 17.0 Å². The summed E-state index contributed by atoms with van der Waals surface area (Å²) in [5.41, 5.74) is 1.67. The summed E-state index contributed by atoms with van der Waals surface area (Å²) < 4.78 is 20.5. The zero-order valence-electron chi connectivity index (χ0n) is 15.8. The summed E-state index contributed by atoms with van der Waals surface area (Å²) in [5.74, 6) is -0.232. The minimum Gasteiger partial charge on any atom is -0.424 e. The van der Waals surface area contributed by atoms with E-state index in [-0.39, 0.29) is 5.41 Å². The maximum Gasteiger partial charge on any atom is 0.340 e. The number of aryl methyl sites for hydroxylation is 1. The Morgan fingerprint density at radius 2 is 1.79 bits per heavy atom. The average Bonchev–Trinajstić information content (AvgIpc) is 2.45. The van der Waals surface area contributed by atoms with Crippen molar-refractivity contribution in [3.63, 3.8) is 0 Å². The molecule has 1 rings (SSSR count). The van der Waals surface area contributed by atoms with Crippen molar-refractivity contribution in [3.05, 3.63) is 29.3 Å². The lowest BCUT2D eigenvalue weighted by Crippen LogP contribution is -2.25. The third kappa shape index (κ3) is 8.62. The first-order valence-electron chi connectivity index (χ1n) is 8.25. The van der Waals surface area contributed by atoms with Gasteiger partial charge in [-0.1, -0.05) is 59.6 Å². The van der Waals surface area contributed by atoms with E-state index < -0.39 is 20.3 Å². The Hall–Kier alpha value is -1.16. The predicted octanol–water partition coefficient (Wildman–Crippen LogP) is 4.79. The van der Waals surface area contributed by atoms with Crippen molar-refractivity contribution < 1.29 is 23.5 Å². The van der Waals surface area contributed by atoms with Crippen LogP contribution in [0.15, 0.2) is 18.2 Å². The van der Waals surface area contributed by atoms with E-state index in [2.05, 4.69) is 18.4 Å². The molecule has 0 bridgehead atoms. The summed E-state index contributed by atoms with van der Waals surface area (Å²) >= 11 is 0. The monoisotopic (exact) mass is 358 g/mol. The second-order valence-electron chi connectivity index (χ2n) is 6.70. The van der Waals surface area contributed by atoms with Crippen LogP contribution in [0.25, 0.3) is 0 Å². The molecule has 2 atom stereocenters. The number of hydrogen-bond donors (Lipinski definition) is 1. The van der Waals surface area contributed by atoms with E-state index in [4.69, 9.17) is 9.63 Å². The molecule has 1 aromatic carbocycles. The maximum absolute atomic E-state index is 11.9. The van der Waals surface area contributed by atoms with Crippen LogP contribution in [-0.2, 0) is 19.3 Å². The topological polar surface area (TPSA) is 72.8 Å². The van der Waals surface area contributed by atoms with Crippen LogP contribution in [0.5, 0.6) is 5.75 Å². The van der Waals surface area contributed by atoms with Gasteiger partial charge in [-0.3, -0.25) is 9.09 Å². The molecule has 1 N–H and O–H groups in total. The van der Waals surface area contributed by atoms with Crippen molar-refractivity contribution in [1.29, 1.82) is 0 Å². The van der Waals surface area contributed by atoms with Crippen LogP contribution >= 0.6 is 8.25 Å². The van der Waals surface area contributed by atoms with E-state index in [1.54, 1.807) is 6.07 Å². The molecule has 0 aromatic heterocycles. The predicted molar refractivity (Wildman–Crippen MR) is 97.9 cm³/mol. The highest BCUT2D eigenvalue weighted by molar-refractivity contribution is 7.32. The Morgan fingerprint density at radius 3 is 2.21 bits per heavy atom. The van der Waals surface area contributed by atoms with Crippen molar-refractivity contribution in [1.82, 2.24) is 0 Å². The summed E-state index contributed by atoms with van der Waals surface area (Å²) in [4.78, 5) is 20.5. The number of ether oxygens (including phenoxy) is 1. The molecule has 0 fully saturated rings. The van der Waals surface area contributed by atoms with Crippen LogP contribution < -0.4 is 4.74 Å². The zero-order valence-corrected chi connectivity index (χ0v) is 16.8. The van der Waals surface area contributed by atoms with Gasteiger partial charge in [-0.05, 0) is 30.9 Å². The number of unbranched alkanes of at least 4 members (excludes halogenated alkanes) is 1. The Labute approximate surface area is 146 Å². The summed E-state index contributed by atoms with van der Waals surface area (Å²) in [6.07, 6.45) is 1.56. The molecule has 0 aliphatic rings. The molecule has 0 spiro atoms. The van der Waals surface area contributed by atoms with E-state index >= 15 is 0 Å². The zero-order chi connectivity index (χ0) is 18.9. The molecule has 0 aliphatic carbocycles. The first-order valence-corrected chi connectivity index (χ1v) is 9.51. The number of hydrogen-bond acceptors (Lipinski definition) is 4. The summed E-state index contributed by atoms with van der Waals surface area (Å²) in [6.45, 7) is 13.7. The molecule has 138 valence electrons. The van der Waals surface area contributed by atoms with Crippen molar-refractivity contribution in [2.24, 2.45) is 0 Å².